The molecule has 9 unspecified atom stereocenters. The van der Waals surface area contributed by atoms with Gasteiger partial charge >= 0.3 is 17.9 Å². The molecule has 0 aromatic carbocycles. The van der Waals surface area contributed by atoms with Crippen LogP contribution in [0.25, 0.3) is 0 Å². The van der Waals surface area contributed by atoms with Crippen LogP contribution >= 0.6 is 0 Å². The molecular weight excluding hydrogens is 432 g/mol. The highest BCUT2D eigenvalue weighted by Gasteiger charge is 2.87. The van der Waals surface area contributed by atoms with Gasteiger partial charge in [0.05, 0.1) is 18.3 Å². The highest BCUT2D eigenvalue weighted by atomic mass is 16.7. The van der Waals surface area contributed by atoms with Crippen LogP contribution in [0.15, 0.2) is 11.6 Å². The molecule has 1 saturated carbocycles. The Kier molecular flexibility index (Phi) is 4.85. The van der Waals surface area contributed by atoms with Gasteiger partial charge in [0.15, 0.2) is 17.3 Å². The Hall–Kier alpha value is -1.97. The number of aliphatic hydroxyl groups excluding tert-OH is 1. The zero-order valence-electron chi connectivity index (χ0n) is 19.7. The van der Waals surface area contributed by atoms with Crippen LogP contribution in [-0.4, -0.2) is 70.8 Å². The van der Waals surface area contributed by atoms with E-state index < -0.39 is 70.5 Å². The normalized spacial score (nSPS) is 50.2. The maximum absolute atomic E-state index is 12.7. The van der Waals surface area contributed by atoms with E-state index in [4.69, 9.17) is 23.7 Å². The number of hydrogen-bond acceptors (Lipinski definition) is 9. The Morgan fingerprint density at radius 1 is 1.12 bits per heavy atom. The Morgan fingerprint density at radius 2 is 1.73 bits per heavy atom. The molecule has 3 saturated heterocycles. The predicted molar refractivity (Wildman–Crippen MR) is 112 cm³/mol. The number of carbonyl (C=O) groups is 3. The van der Waals surface area contributed by atoms with Crippen molar-refractivity contribution in [1.29, 1.82) is 0 Å². The van der Waals surface area contributed by atoms with Crippen molar-refractivity contribution in [3.63, 3.8) is 0 Å². The fourth-order valence-corrected chi connectivity index (χ4v) is 6.92. The van der Waals surface area contributed by atoms with Gasteiger partial charge in [-0.25, -0.2) is 4.79 Å². The maximum Gasteiger partial charge on any atom is 0.342 e. The molecule has 0 aromatic rings. The Bertz CT molecular complexity index is 938. The van der Waals surface area contributed by atoms with E-state index in [0.29, 0.717) is 32.3 Å². The molecule has 9 heteroatoms. The lowest BCUT2D eigenvalue weighted by Crippen LogP contribution is -2.65. The monoisotopic (exact) mass is 464 g/mol. The first-order chi connectivity index (χ1) is 15.4. The van der Waals surface area contributed by atoms with Gasteiger partial charge in [-0.3, -0.25) is 9.59 Å². The van der Waals surface area contributed by atoms with Gasteiger partial charge in [0, 0.05) is 25.2 Å². The topological polar surface area (TPSA) is 124 Å². The van der Waals surface area contributed by atoms with Crippen molar-refractivity contribution in [3.05, 3.63) is 11.6 Å². The lowest BCUT2D eigenvalue weighted by molar-refractivity contribution is -0.215. The molecule has 3 aliphatic heterocycles. The molecular formula is C24H32O9. The van der Waals surface area contributed by atoms with Crippen molar-refractivity contribution in [2.24, 2.45) is 11.3 Å². The number of hydrogen-bond donors (Lipinski definition) is 1. The highest BCUT2D eigenvalue weighted by Crippen LogP contribution is 2.67. The van der Waals surface area contributed by atoms with E-state index in [9.17, 15) is 19.5 Å². The molecule has 3 heterocycles. The minimum atomic E-state index is -1.29. The first kappa shape index (κ1) is 22.8. The second-order valence-electron chi connectivity index (χ2n) is 10.7. The van der Waals surface area contributed by atoms with Crippen LogP contribution in [0.2, 0.25) is 0 Å². The summed E-state index contributed by atoms with van der Waals surface area (Å²) in [6.07, 6.45) is 0.731. The molecule has 2 aliphatic carbocycles. The summed E-state index contributed by atoms with van der Waals surface area (Å²) in [6.45, 7) is 8.57. The predicted octanol–water partition coefficient (Wildman–Crippen LogP) is 1.59. The second-order valence-corrected chi connectivity index (χ2v) is 10.7. The molecule has 0 aromatic heterocycles. The summed E-state index contributed by atoms with van der Waals surface area (Å²) in [6, 6.07) is 0. The zero-order valence-corrected chi connectivity index (χ0v) is 19.7. The maximum atomic E-state index is 12.7. The first-order valence-corrected chi connectivity index (χ1v) is 11.7. The molecule has 5 rings (SSSR count). The van der Waals surface area contributed by atoms with Gasteiger partial charge in [-0.1, -0.05) is 12.5 Å². The fraction of sp³-hybridized carbons (Fsp3) is 0.792. The highest BCUT2D eigenvalue weighted by molar-refractivity contribution is 5.89. The number of epoxide rings is 2. The van der Waals surface area contributed by atoms with Crippen molar-refractivity contribution in [2.75, 3.05) is 6.61 Å². The number of ether oxygens (including phenoxy) is 5. The largest absolute Gasteiger partial charge is 0.462 e. The second kappa shape index (κ2) is 7.02. The number of allylic oxidation sites excluding steroid dienone is 1. The summed E-state index contributed by atoms with van der Waals surface area (Å²) in [5, 5.41) is 12.1. The Labute approximate surface area is 192 Å². The number of aliphatic hydroxyl groups is 1. The molecule has 182 valence electrons. The van der Waals surface area contributed by atoms with Gasteiger partial charge < -0.3 is 28.8 Å². The van der Waals surface area contributed by atoms with Crippen LogP contribution in [0.5, 0.6) is 0 Å². The van der Waals surface area contributed by atoms with Gasteiger partial charge in [0.25, 0.3) is 0 Å². The third-order valence-electron chi connectivity index (χ3n) is 8.70. The molecule has 9 atom stereocenters. The van der Waals surface area contributed by atoms with E-state index in [2.05, 4.69) is 0 Å². The minimum Gasteiger partial charge on any atom is -0.462 e. The summed E-state index contributed by atoms with van der Waals surface area (Å²) < 4.78 is 29.3. The van der Waals surface area contributed by atoms with E-state index in [0.717, 1.165) is 5.57 Å². The summed E-state index contributed by atoms with van der Waals surface area (Å²) in [5.41, 5.74) is -3.31. The first-order valence-electron chi connectivity index (χ1n) is 11.7. The Balaban J connectivity index is 1.69. The molecule has 2 spiro atoms. The van der Waals surface area contributed by atoms with Gasteiger partial charge in [-0.2, -0.15) is 0 Å². The summed E-state index contributed by atoms with van der Waals surface area (Å²) >= 11 is 0. The number of carbonyl (C=O) groups excluding carboxylic acids is 3. The number of rotatable bonds is 2. The number of esters is 3. The standard InChI is InChI=1S/C24H32O9/c1-12-6-7-15(30-13(2)25)21(4)16(31-14(3)26)8-9-23(11-29-23)18(21)19(27)24-17(10-12)32-20(28)22(24,5)33-24/h10,15-19,27H,6-9,11H2,1-5H3. The quantitative estimate of drug-likeness (QED) is 0.281. The molecule has 33 heavy (non-hydrogen) atoms. The molecule has 0 amide bonds. The van der Waals surface area contributed by atoms with Gasteiger partial charge in [-0.05, 0) is 45.6 Å². The third kappa shape index (κ3) is 2.98. The van der Waals surface area contributed by atoms with Crippen molar-refractivity contribution >= 4 is 17.9 Å². The SMILES string of the molecule is CC(=O)OC1CCC(C)=CC2OC(=O)C3(C)OC23C(O)C2C3(CCC(OC(C)=O)C12C)CO3. The molecule has 5 aliphatic rings. The van der Waals surface area contributed by atoms with Crippen LogP contribution < -0.4 is 0 Å². The van der Waals surface area contributed by atoms with E-state index in [-0.39, 0.29) is 0 Å². The average molecular weight is 465 g/mol. The van der Waals surface area contributed by atoms with Crippen LogP contribution in [0.3, 0.4) is 0 Å². The average Bonchev–Trinajstić information content (AvgIpc) is 3.60. The lowest BCUT2D eigenvalue weighted by atomic mass is 9.53. The van der Waals surface area contributed by atoms with Crippen molar-refractivity contribution in [1.82, 2.24) is 0 Å². The van der Waals surface area contributed by atoms with Crippen LogP contribution in [0, 0.1) is 11.3 Å². The fourth-order valence-electron chi connectivity index (χ4n) is 6.92. The zero-order chi connectivity index (χ0) is 24.0. The van der Waals surface area contributed by atoms with Crippen molar-refractivity contribution in [2.45, 2.75) is 102 Å². The van der Waals surface area contributed by atoms with E-state index in [1.54, 1.807) is 6.92 Å². The molecule has 4 fully saturated rings. The van der Waals surface area contributed by atoms with Crippen LogP contribution in [0.4, 0.5) is 0 Å². The van der Waals surface area contributed by atoms with Gasteiger partial charge in [-0.15, -0.1) is 0 Å². The van der Waals surface area contributed by atoms with E-state index in [1.165, 1.54) is 13.8 Å². The minimum absolute atomic E-state index is 0.422. The molecule has 9 nitrogen and oxygen atoms in total. The van der Waals surface area contributed by atoms with Crippen molar-refractivity contribution < 1.29 is 43.2 Å². The van der Waals surface area contributed by atoms with Crippen LogP contribution in [-0.2, 0) is 38.1 Å². The summed E-state index contributed by atoms with van der Waals surface area (Å²) in [7, 11) is 0. The molecule has 0 bridgehead atoms. The molecule has 0 radical (unpaired) electrons. The summed E-state index contributed by atoms with van der Waals surface area (Å²) in [4.78, 5) is 37.0. The van der Waals surface area contributed by atoms with E-state index >= 15 is 0 Å². The third-order valence-corrected chi connectivity index (χ3v) is 8.70. The summed E-state index contributed by atoms with van der Waals surface area (Å²) in [5.74, 6) is -2.03. The van der Waals surface area contributed by atoms with Crippen molar-refractivity contribution in [3.8, 4) is 0 Å². The smallest absolute Gasteiger partial charge is 0.342 e. The lowest BCUT2D eigenvalue weighted by Gasteiger charge is -2.54. The Morgan fingerprint density at radius 3 is 2.27 bits per heavy atom. The van der Waals surface area contributed by atoms with Crippen LogP contribution in [0.1, 0.15) is 60.3 Å². The number of fused-ring (bicyclic) bond motifs is 2. The van der Waals surface area contributed by atoms with Gasteiger partial charge in [0.2, 0.25) is 0 Å². The van der Waals surface area contributed by atoms with E-state index in [1.807, 2.05) is 19.9 Å². The molecule has 1 N–H and O–H groups in total. The van der Waals surface area contributed by atoms with Gasteiger partial charge in [0.1, 0.15) is 12.2 Å².